The molecule has 2 amide bonds. The van der Waals surface area contributed by atoms with Crippen molar-refractivity contribution in [3.63, 3.8) is 0 Å². The highest BCUT2D eigenvalue weighted by atomic mass is 32.2. The van der Waals surface area contributed by atoms with Gasteiger partial charge in [0.15, 0.2) is 5.70 Å². The van der Waals surface area contributed by atoms with E-state index in [0.29, 0.717) is 10.7 Å². The van der Waals surface area contributed by atoms with Crippen LogP contribution in [0.2, 0.25) is 0 Å². The molecule has 0 aromatic carbocycles. The quantitative estimate of drug-likeness (QED) is 0.746. The molecule has 0 radical (unpaired) electrons. The maximum Gasteiger partial charge on any atom is 0.354 e. The standard InChI is InChI=1S/C10H10N2O4S2/c1-5(13)11-2-3-17-10-8(9(15)16)12-6(14)4-7(12)18-10/h2-3,7H,4H2,1H3,(H,11,13)(H,15,16)/b3-2+/t7-/m1/s1. The van der Waals surface area contributed by atoms with Crippen LogP contribution < -0.4 is 5.32 Å². The van der Waals surface area contributed by atoms with Gasteiger partial charge in [-0.15, -0.1) is 0 Å². The van der Waals surface area contributed by atoms with Gasteiger partial charge in [0, 0.05) is 13.1 Å². The van der Waals surface area contributed by atoms with E-state index >= 15 is 0 Å². The SMILES string of the molecule is CC(=O)N/C=C/SC1=C(C(=O)O)N2C(=O)C[C@H]2S1. The molecule has 0 spiro atoms. The van der Waals surface area contributed by atoms with Gasteiger partial charge in [-0.1, -0.05) is 23.5 Å². The number of thioether (sulfide) groups is 2. The Morgan fingerprint density at radius 1 is 1.61 bits per heavy atom. The van der Waals surface area contributed by atoms with Crippen LogP contribution >= 0.6 is 23.5 Å². The average Bonchev–Trinajstić information content (AvgIpc) is 2.57. The predicted molar refractivity (Wildman–Crippen MR) is 68.1 cm³/mol. The first kappa shape index (κ1) is 13.0. The molecule has 0 saturated carbocycles. The van der Waals surface area contributed by atoms with E-state index < -0.39 is 5.97 Å². The number of fused-ring (bicyclic) bond motifs is 1. The monoisotopic (exact) mass is 286 g/mol. The van der Waals surface area contributed by atoms with Crippen molar-refractivity contribution in [2.75, 3.05) is 0 Å². The highest BCUT2D eigenvalue weighted by Gasteiger charge is 2.48. The summed E-state index contributed by atoms with van der Waals surface area (Å²) >= 11 is 2.55. The lowest BCUT2D eigenvalue weighted by atomic mass is 10.2. The highest BCUT2D eigenvalue weighted by Crippen LogP contribution is 2.50. The van der Waals surface area contributed by atoms with Crippen LogP contribution in [0, 0.1) is 0 Å². The maximum absolute atomic E-state index is 11.3. The lowest BCUT2D eigenvalue weighted by molar-refractivity contribution is -0.145. The smallest absolute Gasteiger partial charge is 0.354 e. The van der Waals surface area contributed by atoms with Crippen molar-refractivity contribution in [2.24, 2.45) is 0 Å². The Balaban J connectivity index is 2.07. The van der Waals surface area contributed by atoms with Gasteiger partial charge in [-0.25, -0.2) is 4.79 Å². The largest absolute Gasteiger partial charge is 0.477 e. The van der Waals surface area contributed by atoms with Crippen LogP contribution in [0.1, 0.15) is 13.3 Å². The summed E-state index contributed by atoms with van der Waals surface area (Å²) in [5.41, 5.74) is 0.0405. The number of β-lactam (4-membered cyclic amide) rings is 1. The molecular weight excluding hydrogens is 276 g/mol. The number of hydrogen-bond acceptors (Lipinski definition) is 5. The molecular formula is C10H10N2O4S2. The first-order chi connectivity index (χ1) is 8.50. The summed E-state index contributed by atoms with van der Waals surface area (Å²) in [6, 6.07) is 0. The molecule has 0 aromatic heterocycles. The number of hydrogen-bond donors (Lipinski definition) is 2. The fourth-order valence-electron chi connectivity index (χ4n) is 1.55. The molecule has 0 aliphatic carbocycles. The fourth-order valence-corrected chi connectivity index (χ4v) is 3.93. The number of nitrogens with zero attached hydrogens (tertiary/aromatic N) is 1. The molecule has 6 nitrogen and oxygen atoms in total. The van der Waals surface area contributed by atoms with Gasteiger partial charge in [-0.05, 0) is 5.41 Å². The zero-order chi connectivity index (χ0) is 13.3. The maximum atomic E-state index is 11.3. The van der Waals surface area contributed by atoms with Gasteiger partial charge in [0.2, 0.25) is 11.8 Å². The number of nitrogens with one attached hydrogen (secondary N) is 1. The molecule has 0 aromatic rings. The molecule has 2 rings (SSSR count). The van der Waals surface area contributed by atoms with Crippen molar-refractivity contribution >= 4 is 41.3 Å². The molecule has 1 atom stereocenters. The predicted octanol–water partition coefficient (Wildman–Crippen LogP) is 0.886. The lowest BCUT2D eigenvalue weighted by Crippen LogP contribution is -2.48. The van der Waals surface area contributed by atoms with Crippen LogP contribution in [0.3, 0.4) is 0 Å². The van der Waals surface area contributed by atoms with Crippen molar-refractivity contribution < 1.29 is 19.5 Å². The van der Waals surface area contributed by atoms with Gasteiger partial charge in [0.05, 0.1) is 16.0 Å². The van der Waals surface area contributed by atoms with Crippen molar-refractivity contribution in [3.8, 4) is 0 Å². The summed E-state index contributed by atoms with van der Waals surface area (Å²) in [6.07, 6.45) is 1.82. The summed E-state index contributed by atoms with van der Waals surface area (Å²) < 4.78 is 0.569. The van der Waals surface area contributed by atoms with Crippen molar-refractivity contribution in [3.05, 3.63) is 21.5 Å². The number of amides is 2. The number of carboxylic acid groups (broad SMARTS) is 1. The van der Waals surface area contributed by atoms with E-state index in [1.807, 2.05) is 0 Å². The van der Waals surface area contributed by atoms with E-state index in [-0.39, 0.29) is 22.9 Å². The lowest BCUT2D eigenvalue weighted by Gasteiger charge is -2.33. The number of carbonyl (C=O) groups excluding carboxylic acids is 2. The summed E-state index contributed by atoms with van der Waals surface area (Å²) in [5.74, 6) is -1.46. The molecule has 2 N–H and O–H groups in total. The van der Waals surface area contributed by atoms with E-state index in [4.69, 9.17) is 5.11 Å². The minimum Gasteiger partial charge on any atom is -0.477 e. The Morgan fingerprint density at radius 3 is 2.89 bits per heavy atom. The van der Waals surface area contributed by atoms with Gasteiger partial charge in [0.1, 0.15) is 0 Å². The molecule has 0 unspecified atom stereocenters. The summed E-state index contributed by atoms with van der Waals surface area (Å²) in [4.78, 5) is 34.4. The Morgan fingerprint density at radius 2 is 2.33 bits per heavy atom. The van der Waals surface area contributed by atoms with Gasteiger partial charge < -0.3 is 10.4 Å². The summed E-state index contributed by atoms with van der Waals surface area (Å²) in [7, 11) is 0. The Hall–Kier alpha value is -1.41. The first-order valence-corrected chi connectivity index (χ1v) is 6.81. The molecule has 0 bridgehead atoms. The summed E-state index contributed by atoms with van der Waals surface area (Å²) in [5, 5.41) is 13.1. The molecule has 8 heteroatoms. The number of aliphatic carboxylic acids is 1. The van der Waals surface area contributed by atoms with Crippen molar-refractivity contribution in [2.45, 2.75) is 18.7 Å². The van der Waals surface area contributed by atoms with Crippen molar-refractivity contribution in [1.29, 1.82) is 0 Å². The summed E-state index contributed by atoms with van der Waals surface area (Å²) in [6.45, 7) is 1.38. The van der Waals surface area contributed by atoms with Crippen LogP contribution in [0.4, 0.5) is 0 Å². The second-order valence-corrected chi connectivity index (χ2v) is 5.97. The van der Waals surface area contributed by atoms with Gasteiger partial charge in [-0.3, -0.25) is 14.5 Å². The zero-order valence-corrected chi connectivity index (χ0v) is 11.0. The molecule has 1 fully saturated rings. The second-order valence-electron chi connectivity index (χ2n) is 3.60. The molecule has 2 aliphatic rings. The highest BCUT2D eigenvalue weighted by molar-refractivity contribution is 8.24. The van der Waals surface area contributed by atoms with E-state index in [9.17, 15) is 14.4 Å². The Kier molecular flexibility index (Phi) is 3.67. The Bertz CT molecular complexity index is 486. The third kappa shape index (κ3) is 2.39. The second kappa shape index (κ2) is 5.07. The molecule has 1 saturated heterocycles. The van der Waals surface area contributed by atoms with Gasteiger partial charge in [0.25, 0.3) is 0 Å². The molecule has 2 aliphatic heterocycles. The number of rotatable bonds is 4. The molecule has 2 heterocycles. The minimum atomic E-state index is -1.10. The third-order valence-corrected chi connectivity index (χ3v) is 4.63. The zero-order valence-electron chi connectivity index (χ0n) is 9.37. The van der Waals surface area contributed by atoms with E-state index in [0.717, 1.165) is 0 Å². The number of carboxylic acids is 1. The topological polar surface area (TPSA) is 86.7 Å². The normalized spacial score (nSPS) is 22.2. The van der Waals surface area contributed by atoms with Crippen LogP contribution in [0.25, 0.3) is 0 Å². The van der Waals surface area contributed by atoms with Crippen LogP contribution in [-0.4, -0.2) is 33.2 Å². The molecule has 96 valence electrons. The first-order valence-electron chi connectivity index (χ1n) is 5.05. The average molecular weight is 286 g/mol. The fraction of sp³-hybridized carbons (Fsp3) is 0.300. The molecule has 18 heavy (non-hydrogen) atoms. The van der Waals surface area contributed by atoms with E-state index in [2.05, 4.69) is 5.32 Å². The van der Waals surface area contributed by atoms with Gasteiger partial charge >= 0.3 is 5.97 Å². The van der Waals surface area contributed by atoms with E-state index in [1.54, 1.807) is 5.41 Å². The third-order valence-electron chi connectivity index (χ3n) is 2.32. The van der Waals surface area contributed by atoms with Crippen LogP contribution in [0.15, 0.2) is 21.5 Å². The van der Waals surface area contributed by atoms with Gasteiger partial charge in [-0.2, -0.15) is 0 Å². The van der Waals surface area contributed by atoms with E-state index in [1.165, 1.54) is 41.5 Å². The minimum absolute atomic E-state index is 0.0405. The van der Waals surface area contributed by atoms with Crippen LogP contribution in [-0.2, 0) is 14.4 Å². The van der Waals surface area contributed by atoms with Crippen molar-refractivity contribution in [1.82, 2.24) is 10.2 Å². The number of carbonyl (C=O) groups is 3. The Labute approximate surface area is 111 Å². The van der Waals surface area contributed by atoms with Crippen LogP contribution in [0.5, 0.6) is 0 Å².